The third-order valence-corrected chi connectivity index (χ3v) is 2.84. The highest BCUT2D eigenvalue weighted by atomic mass is 16.5. The van der Waals surface area contributed by atoms with Crippen molar-refractivity contribution in [2.24, 2.45) is 11.5 Å². The van der Waals surface area contributed by atoms with Gasteiger partial charge in [0.05, 0.1) is 12.7 Å². The summed E-state index contributed by atoms with van der Waals surface area (Å²) in [5.74, 6) is -0.333. The van der Waals surface area contributed by atoms with Crippen LogP contribution in [0.5, 0.6) is 0 Å². The van der Waals surface area contributed by atoms with E-state index in [1.165, 1.54) is 10.8 Å². The van der Waals surface area contributed by atoms with Gasteiger partial charge >= 0.3 is 5.69 Å². The van der Waals surface area contributed by atoms with Gasteiger partial charge in [0.2, 0.25) is 0 Å². The maximum Gasteiger partial charge on any atom is 0.330 e. The summed E-state index contributed by atoms with van der Waals surface area (Å²) in [5, 5.41) is 24.6. The molecule has 0 aromatic carbocycles. The van der Waals surface area contributed by atoms with Crippen molar-refractivity contribution in [1.82, 2.24) is 9.55 Å². The normalized spacial score (nSPS) is 24.2. The topological polar surface area (TPSA) is 180 Å². The number of rotatable bonds is 2. The summed E-state index contributed by atoms with van der Waals surface area (Å²) in [5.41, 5.74) is 8.30. The highest BCUT2D eigenvalue weighted by Gasteiger charge is 2.34. The first-order chi connectivity index (χ1) is 9.76. The lowest BCUT2D eigenvalue weighted by atomic mass is 10.2. The van der Waals surface area contributed by atoms with Gasteiger partial charge in [0.25, 0.3) is 5.56 Å². The molecule has 0 saturated carbocycles. The number of ether oxygens (including phenoxy) is 1. The van der Waals surface area contributed by atoms with Crippen LogP contribution in [0, 0.1) is 12.3 Å². The lowest BCUT2D eigenvalue weighted by Gasteiger charge is -2.14. The quantitative estimate of drug-likeness (QED) is 0.254. The van der Waals surface area contributed by atoms with Crippen LogP contribution in [0.2, 0.25) is 0 Å². The van der Waals surface area contributed by atoms with Gasteiger partial charge < -0.3 is 26.4 Å². The minimum Gasteiger partial charge on any atom is -0.394 e. The van der Waals surface area contributed by atoms with Crippen molar-refractivity contribution in [3.63, 3.8) is 0 Å². The van der Waals surface area contributed by atoms with Gasteiger partial charge in [-0.25, -0.2) is 4.79 Å². The Hall–Kier alpha value is -2.17. The zero-order valence-corrected chi connectivity index (χ0v) is 11.4. The molecule has 1 aliphatic rings. The molecule has 2 rings (SSSR count). The van der Waals surface area contributed by atoms with Gasteiger partial charge in [0, 0.05) is 18.2 Å². The lowest BCUT2D eigenvalue weighted by Crippen LogP contribution is -2.33. The van der Waals surface area contributed by atoms with Gasteiger partial charge in [-0.2, -0.15) is 0 Å². The van der Waals surface area contributed by atoms with Crippen LogP contribution < -0.4 is 22.7 Å². The van der Waals surface area contributed by atoms with Crippen molar-refractivity contribution in [1.29, 1.82) is 5.41 Å². The zero-order chi connectivity index (χ0) is 16.2. The standard InChI is InChI=1S/C10H14N2O5.CH5N3/c1-5-3-12(10(16)11-9(5)15)8-2-6(14)7(4-13)17-8;2-1(3)4/h3,6-8,13-14H,2,4H2,1H3,(H,11,15,16);(H5,2,3,4)/t6-,7+,8+;/m0./s1. The second kappa shape index (κ2) is 7.02. The van der Waals surface area contributed by atoms with Crippen molar-refractivity contribution in [2.45, 2.75) is 31.8 Å². The summed E-state index contributed by atoms with van der Waals surface area (Å²) in [6.07, 6.45) is -0.581. The van der Waals surface area contributed by atoms with E-state index in [0.29, 0.717) is 5.56 Å². The number of nitrogens with two attached hydrogens (primary N) is 2. The molecular weight excluding hydrogens is 282 g/mol. The number of aromatic amines is 1. The summed E-state index contributed by atoms with van der Waals surface area (Å²) < 4.78 is 6.54. The molecule has 1 saturated heterocycles. The lowest BCUT2D eigenvalue weighted by molar-refractivity contribution is -0.0459. The molecule has 0 radical (unpaired) electrons. The Bertz CT molecular complexity index is 606. The summed E-state index contributed by atoms with van der Waals surface area (Å²) >= 11 is 0. The fourth-order valence-electron chi connectivity index (χ4n) is 1.85. The monoisotopic (exact) mass is 301 g/mol. The Balaban J connectivity index is 0.000000491. The van der Waals surface area contributed by atoms with Crippen LogP contribution in [0.15, 0.2) is 15.8 Å². The van der Waals surface area contributed by atoms with E-state index in [9.17, 15) is 14.7 Å². The van der Waals surface area contributed by atoms with E-state index in [1.807, 2.05) is 0 Å². The molecule has 0 aliphatic carbocycles. The van der Waals surface area contributed by atoms with E-state index >= 15 is 0 Å². The number of aliphatic hydroxyl groups is 2. The fourth-order valence-corrected chi connectivity index (χ4v) is 1.85. The second-order valence-corrected chi connectivity index (χ2v) is 4.55. The number of nitrogens with zero attached hydrogens (tertiary/aromatic N) is 1. The predicted molar refractivity (Wildman–Crippen MR) is 73.8 cm³/mol. The smallest absolute Gasteiger partial charge is 0.330 e. The fraction of sp³-hybridized carbons (Fsp3) is 0.545. The molecule has 0 spiro atoms. The number of H-pyrrole nitrogens is 1. The van der Waals surface area contributed by atoms with Crippen LogP contribution in [0.3, 0.4) is 0 Å². The number of nitrogens with one attached hydrogen (secondary N) is 2. The van der Waals surface area contributed by atoms with Crippen LogP contribution in [0.4, 0.5) is 0 Å². The van der Waals surface area contributed by atoms with Crippen LogP contribution in [-0.2, 0) is 4.74 Å². The molecule has 0 bridgehead atoms. The van der Waals surface area contributed by atoms with Gasteiger partial charge in [-0.1, -0.05) is 0 Å². The molecule has 0 amide bonds. The Kier molecular flexibility index (Phi) is 5.64. The van der Waals surface area contributed by atoms with E-state index in [1.54, 1.807) is 6.92 Å². The van der Waals surface area contributed by atoms with Gasteiger partial charge in [-0.05, 0) is 6.92 Å². The molecule has 1 fully saturated rings. The second-order valence-electron chi connectivity index (χ2n) is 4.55. The van der Waals surface area contributed by atoms with E-state index in [4.69, 9.17) is 15.3 Å². The van der Waals surface area contributed by atoms with Crippen LogP contribution in [0.25, 0.3) is 0 Å². The molecule has 3 atom stereocenters. The summed E-state index contributed by atoms with van der Waals surface area (Å²) in [6, 6.07) is 0. The number of aromatic nitrogens is 2. The summed E-state index contributed by atoms with van der Waals surface area (Å²) in [6.45, 7) is 1.26. The van der Waals surface area contributed by atoms with Crippen molar-refractivity contribution in [2.75, 3.05) is 6.61 Å². The van der Waals surface area contributed by atoms with Crippen molar-refractivity contribution in [3.8, 4) is 0 Å². The van der Waals surface area contributed by atoms with Gasteiger partial charge in [-0.3, -0.25) is 19.8 Å². The number of hydrogen-bond acceptors (Lipinski definition) is 6. The van der Waals surface area contributed by atoms with E-state index < -0.39 is 29.7 Å². The molecule has 10 nitrogen and oxygen atoms in total. The van der Waals surface area contributed by atoms with Gasteiger partial charge in [0.1, 0.15) is 12.3 Å². The highest BCUT2D eigenvalue weighted by Crippen LogP contribution is 2.27. The number of aryl methyl sites for hydroxylation is 1. The van der Waals surface area contributed by atoms with Crippen molar-refractivity contribution in [3.05, 3.63) is 32.6 Å². The highest BCUT2D eigenvalue weighted by molar-refractivity contribution is 5.71. The van der Waals surface area contributed by atoms with Gasteiger partial charge in [0.15, 0.2) is 5.96 Å². The maximum atomic E-state index is 11.6. The molecule has 10 heteroatoms. The number of guanidine groups is 1. The Labute approximate surface area is 119 Å². The number of hydrogen-bond donors (Lipinski definition) is 6. The summed E-state index contributed by atoms with van der Waals surface area (Å²) in [7, 11) is 0. The first kappa shape index (κ1) is 16.9. The SMILES string of the molecule is Cc1cn([C@H]2C[C@H](O)[C@@H](CO)O2)c(=O)[nH]c1=O.N=C(N)N. The van der Waals surface area contributed by atoms with E-state index in [0.717, 1.165) is 0 Å². The molecule has 0 unspecified atom stereocenters. The molecule has 1 aromatic rings. The van der Waals surface area contributed by atoms with Crippen molar-refractivity contribution < 1.29 is 14.9 Å². The maximum absolute atomic E-state index is 11.6. The van der Waals surface area contributed by atoms with E-state index in [2.05, 4.69) is 16.5 Å². The van der Waals surface area contributed by atoms with Crippen LogP contribution in [-0.4, -0.2) is 44.5 Å². The average molecular weight is 301 g/mol. The molecule has 2 heterocycles. The van der Waals surface area contributed by atoms with E-state index in [-0.39, 0.29) is 19.0 Å². The predicted octanol–water partition coefficient (Wildman–Crippen LogP) is -2.68. The Morgan fingerprint density at radius 3 is 2.62 bits per heavy atom. The van der Waals surface area contributed by atoms with Crippen molar-refractivity contribution >= 4 is 5.96 Å². The van der Waals surface area contributed by atoms with Crippen LogP contribution >= 0.6 is 0 Å². The molecule has 1 aliphatic heterocycles. The Morgan fingerprint density at radius 2 is 2.14 bits per heavy atom. The largest absolute Gasteiger partial charge is 0.394 e. The molecule has 118 valence electrons. The minimum atomic E-state index is -0.816. The third kappa shape index (κ3) is 4.41. The molecule has 1 aromatic heterocycles. The zero-order valence-electron chi connectivity index (χ0n) is 11.4. The molecular formula is C11H19N5O5. The Morgan fingerprint density at radius 1 is 1.57 bits per heavy atom. The van der Waals surface area contributed by atoms with Gasteiger partial charge in [-0.15, -0.1) is 0 Å². The average Bonchev–Trinajstić information content (AvgIpc) is 2.74. The van der Waals surface area contributed by atoms with Crippen LogP contribution in [0.1, 0.15) is 18.2 Å². The third-order valence-electron chi connectivity index (χ3n) is 2.84. The molecule has 21 heavy (non-hydrogen) atoms. The minimum absolute atomic E-state index is 0.205. The first-order valence-corrected chi connectivity index (χ1v) is 6.12. The first-order valence-electron chi connectivity index (χ1n) is 6.12. The molecule has 8 N–H and O–H groups in total. The summed E-state index contributed by atoms with van der Waals surface area (Å²) in [4.78, 5) is 24.9. The number of aliphatic hydroxyl groups excluding tert-OH is 2.